The predicted octanol–water partition coefficient (Wildman–Crippen LogP) is 3.04. The first kappa shape index (κ1) is 16.6. The molecule has 0 unspecified atom stereocenters. The Morgan fingerprint density at radius 3 is 2.74 bits per heavy atom. The van der Waals surface area contributed by atoms with Crippen LogP contribution in [0.2, 0.25) is 0 Å². The van der Waals surface area contributed by atoms with Crippen molar-refractivity contribution in [3.05, 3.63) is 45.0 Å². The van der Waals surface area contributed by atoms with Gasteiger partial charge in [0.1, 0.15) is 5.52 Å². The van der Waals surface area contributed by atoms with E-state index in [1.165, 1.54) is 4.88 Å². The van der Waals surface area contributed by atoms with E-state index in [0.29, 0.717) is 33.9 Å². The molecule has 0 bridgehead atoms. The fourth-order valence-corrected chi connectivity index (χ4v) is 4.80. The molecule has 1 fully saturated rings. The highest BCUT2D eigenvalue weighted by Gasteiger charge is 2.19. The van der Waals surface area contributed by atoms with Gasteiger partial charge in [-0.25, -0.2) is 15.0 Å². The van der Waals surface area contributed by atoms with E-state index in [9.17, 15) is 4.79 Å². The lowest BCUT2D eigenvalue weighted by molar-refractivity contribution is 0.464. The maximum absolute atomic E-state index is 12.7. The van der Waals surface area contributed by atoms with Crippen molar-refractivity contribution >= 4 is 27.5 Å². The average molecular weight is 381 g/mol. The Kier molecular flexibility index (Phi) is 3.84. The van der Waals surface area contributed by atoms with Crippen LogP contribution >= 0.6 is 11.3 Å². The number of thiazole rings is 1. The van der Waals surface area contributed by atoms with Gasteiger partial charge >= 0.3 is 0 Å². The summed E-state index contributed by atoms with van der Waals surface area (Å²) in [5, 5.41) is 3.38. The summed E-state index contributed by atoms with van der Waals surface area (Å²) in [6.07, 6.45) is 4.14. The molecule has 1 saturated heterocycles. The minimum Gasteiger partial charge on any atom is -0.423 e. The Morgan fingerprint density at radius 1 is 1.15 bits per heavy atom. The highest BCUT2D eigenvalue weighted by Crippen LogP contribution is 2.31. The lowest BCUT2D eigenvalue weighted by atomic mass is 9.97. The van der Waals surface area contributed by atoms with E-state index in [-0.39, 0.29) is 5.56 Å². The molecule has 0 aromatic carbocycles. The Balaban J connectivity index is 1.62. The maximum Gasteiger partial charge on any atom is 0.259 e. The fourth-order valence-electron chi connectivity index (χ4n) is 3.64. The van der Waals surface area contributed by atoms with Crippen LogP contribution in [-0.2, 0) is 0 Å². The van der Waals surface area contributed by atoms with Gasteiger partial charge in [-0.1, -0.05) is 0 Å². The number of rotatable bonds is 2. The van der Waals surface area contributed by atoms with Crippen LogP contribution in [0.25, 0.3) is 27.6 Å². The van der Waals surface area contributed by atoms with Gasteiger partial charge in [-0.05, 0) is 50.4 Å². The SMILES string of the molecule is Cc1nc2c(C)cc(-c3cc(=O)n4cc(C5CCNCC5)sc4n3)nc2o1. The molecule has 0 spiro atoms. The second kappa shape index (κ2) is 6.24. The van der Waals surface area contributed by atoms with Gasteiger partial charge in [0, 0.05) is 24.1 Å². The number of nitrogens with zero attached hydrogens (tertiary/aromatic N) is 4. The van der Waals surface area contributed by atoms with Crippen LogP contribution in [0.5, 0.6) is 0 Å². The second-order valence-electron chi connectivity index (χ2n) is 7.00. The molecule has 27 heavy (non-hydrogen) atoms. The van der Waals surface area contributed by atoms with Gasteiger partial charge in [-0.3, -0.25) is 9.20 Å². The highest BCUT2D eigenvalue weighted by atomic mass is 32.1. The van der Waals surface area contributed by atoms with Crippen LogP contribution in [0, 0.1) is 13.8 Å². The molecule has 7 nitrogen and oxygen atoms in total. The number of aryl methyl sites for hydroxylation is 2. The molecule has 0 radical (unpaired) electrons. The topological polar surface area (TPSA) is 85.3 Å². The number of oxazole rings is 1. The lowest BCUT2D eigenvalue weighted by Crippen LogP contribution is -2.26. The quantitative estimate of drug-likeness (QED) is 0.574. The van der Waals surface area contributed by atoms with Crippen LogP contribution in [-0.4, -0.2) is 32.4 Å². The molecule has 1 aliphatic rings. The van der Waals surface area contributed by atoms with Crippen LogP contribution in [0.1, 0.15) is 35.1 Å². The monoisotopic (exact) mass is 381 g/mol. The maximum atomic E-state index is 12.7. The standard InChI is InChI=1S/C19H19N5O2S/c1-10-7-13(22-18-17(10)21-11(2)26-18)14-8-16(25)24-9-15(27-19(24)23-14)12-3-5-20-6-4-12/h7-9,12,20H,3-6H2,1-2H3. The minimum atomic E-state index is -0.0836. The van der Waals surface area contributed by atoms with Gasteiger partial charge in [-0.2, -0.15) is 0 Å². The molecule has 0 aliphatic carbocycles. The number of nitrogens with one attached hydrogen (secondary N) is 1. The fraction of sp³-hybridized carbons (Fsp3) is 0.368. The zero-order valence-corrected chi connectivity index (χ0v) is 16.0. The molecule has 8 heteroatoms. The van der Waals surface area contributed by atoms with Crippen molar-refractivity contribution in [1.29, 1.82) is 0 Å². The van der Waals surface area contributed by atoms with Crippen molar-refractivity contribution in [3.63, 3.8) is 0 Å². The molecule has 0 amide bonds. The number of fused-ring (bicyclic) bond motifs is 2. The molecule has 0 atom stereocenters. The summed E-state index contributed by atoms with van der Waals surface area (Å²) in [5.74, 6) is 1.07. The van der Waals surface area contributed by atoms with Crippen LogP contribution < -0.4 is 10.9 Å². The van der Waals surface area contributed by atoms with E-state index in [0.717, 1.165) is 37.0 Å². The number of hydrogen-bond donors (Lipinski definition) is 1. The first-order valence-corrected chi connectivity index (χ1v) is 9.89. The summed E-state index contributed by atoms with van der Waals surface area (Å²) >= 11 is 1.60. The number of hydrogen-bond acceptors (Lipinski definition) is 7. The Morgan fingerprint density at radius 2 is 1.93 bits per heavy atom. The van der Waals surface area contributed by atoms with E-state index in [2.05, 4.69) is 15.3 Å². The number of piperidine rings is 1. The normalized spacial score (nSPS) is 15.8. The molecular weight excluding hydrogens is 362 g/mol. The molecule has 4 aromatic heterocycles. The molecule has 1 aliphatic heterocycles. The van der Waals surface area contributed by atoms with Crippen molar-refractivity contribution < 1.29 is 4.42 Å². The summed E-state index contributed by atoms with van der Waals surface area (Å²) in [6, 6.07) is 3.45. The Hall–Kier alpha value is -2.58. The summed E-state index contributed by atoms with van der Waals surface area (Å²) < 4.78 is 7.22. The van der Waals surface area contributed by atoms with Gasteiger partial charge in [-0.15, -0.1) is 11.3 Å². The van der Waals surface area contributed by atoms with Gasteiger partial charge in [0.2, 0.25) is 5.71 Å². The van der Waals surface area contributed by atoms with E-state index < -0.39 is 0 Å². The summed E-state index contributed by atoms with van der Waals surface area (Å²) in [7, 11) is 0. The molecule has 5 rings (SSSR count). The van der Waals surface area contributed by atoms with E-state index in [4.69, 9.17) is 9.40 Å². The molecule has 1 N–H and O–H groups in total. The average Bonchev–Trinajstić information content (AvgIpc) is 3.26. The first-order valence-electron chi connectivity index (χ1n) is 9.07. The number of pyridine rings is 1. The predicted molar refractivity (Wildman–Crippen MR) is 104 cm³/mol. The van der Waals surface area contributed by atoms with Crippen molar-refractivity contribution in [3.8, 4) is 11.4 Å². The van der Waals surface area contributed by atoms with E-state index in [1.807, 2.05) is 19.2 Å². The zero-order valence-electron chi connectivity index (χ0n) is 15.2. The second-order valence-corrected chi connectivity index (χ2v) is 8.04. The third-order valence-corrected chi connectivity index (χ3v) is 6.20. The van der Waals surface area contributed by atoms with Crippen molar-refractivity contribution in [2.24, 2.45) is 0 Å². The molecule has 4 aromatic rings. The Labute approximate surface area is 159 Å². The lowest BCUT2D eigenvalue weighted by Gasteiger charge is -2.20. The smallest absolute Gasteiger partial charge is 0.259 e. The minimum absolute atomic E-state index is 0.0836. The summed E-state index contributed by atoms with van der Waals surface area (Å²) in [5.41, 5.74) is 3.30. The Bertz CT molecular complexity index is 1220. The summed E-state index contributed by atoms with van der Waals surface area (Å²) in [6.45, 7) is 5.80. The molecule has 5 heterocycles. The molecular formula is C19H19N5O2S. The third kappa shape index (κ3) is 2.85. The molecule has 0 saturated carbocycles. The summed E-state index contributed by atoms with van der Waals surface area (Å²) in [4.78, 5) is 28.2. The molecule has 138 valence electrons. The highest BCUT2D eigenvalue weighted by molar-refractivity contribution is 7.17. The van der Waals surface area contributed by atoms with Crippen LogP contribution in [0.15, 0.2) is 27.5 Å². The van der Waals surface area contributed by atoms with E-state index >= 15 is 0 Å². The van der Waals surface area contributed by atoms with Gasteiger partial charge in [0.05, 0.1) is 11.4 Å². The largest absolute Gasteiger partial charge is 0.423 e. The zero-order chi connectivity index (χ0) is 18.5. The van der Waals surface area contributed by atoms with Crippen molar-refractivity contribution in [1.82, 2.24) is 24.7 Å². The number of aromatic nitrogens is 4. The van der Waals surface area contributed by atoms with Crippen molar-refractivity contribution in [2.45, 2.75) is 32.6 Å². The third-order valence-electron chi connectivity index (χ3n) is 5.05. The van der Waals surface area contributed by atoms with Gasteiger partial charge in [0.25, 0.3) is 5.56 Å². The van der Waals surface area contributed by atoms with Gasteiger partial charge < -0.3 is 9.73 Å². The van der Waals surface area contributed by atoms with Crippen LogP contribution in [0.4, 0.5) is 0 Å². The first-order chi connectivity index (χ1) is 13.1. The van der Waals surface area contributed by atoms with Crippen molar-refractivity contribution in [2.75, 3.05) is 13.1 Å². The van der Waals surface area contributed by atoms with Crippen LogP contribution in [0.3, 0.4) is 0 Å². The van der Waals surface area contributed by atoms with E-state index in [1.54, 1.807) is 28.7 Å². The van der Waals surface area contributed by atoms with Gasteiger partial charge in [0.15, 0.2) is 10.9 Å².